The SMILES string of the molecule is C[C@@H]1CC[C@H](C)[NH2+]1. The molecule has 0 saturated carbocycles. The lowest BCUT2D eigenvalue weighted by atomic mass is 10.2. The van der Waals surface area contributed by atoms with Gasteiger partial charge in [-0.3, -0.25) is 0 Å². The third-order valence-corrected chi connectivity index (χ3v) is 1.73. The number of nitrogens with two attached hydrogens (primary N) is 1. The lowest BCUT2D eigenvalue weighted by Gasteiger charge is -1.98. The molecule has 1 saturated heterocycles. The van der Waals surface area contributed by atoms with Gasteiger partial charge in [0.2, 0.25) is 0 Å². The second-order valence-corrected chi connectivity index (χ2v) is 2.72. The molecule has 1 rings (SSSR count). The van der Waals surface area contributed by atoms with E-state index in [0.29, 0.717) is 0 Å². The summed E-state index contributed by atoms with van der Waals surface area (Å²) in [5, 5.41) is 2.44. The molecule has 7 heavy (non-hydrogen) atoms. The van der Waals surface area contributed by atoms with E-state index in [4.69, 9.17) is 0 Å². The van der Waals surface area contributed by atoms with Gasteiger partial charge in [-0.2, -0.15) is 0 Å². The fourth-order valence-corrected chi connectivity index (χ4v) is 1.28. The summed E-state index contributed by atoms with van der Waals surface area (Å²) >= 11 is 0. The first-order valence-electron chi connectivity index (χ1n) is 3.14. The molecular formula is C6H14N+. The minimum Gasteiger partial charge on any atom is -0.342 e. The quantitative estimate of drug-likeness (QED) is 0.445. The van der Waals surface area contributed by atoms with Gasteiger partial charge in [0.25, 0.3) is 0 Å². The topological polar surface area (TPSA) is 16.6 Å². The molecule has 0 unspecified atom stereocenters. The normalized spacial score (nSPS) is 42.0. The van der Waals surface area contributed by atoms with Crippen LogP contribution < -0.4 is 5.32 Å². The average Bonchev–Trinajstić information content (AvgIpc) is 1.87. The maximum absolute atomic E-state index is 2.44. The maximum atomic E-state index is 2.44. The van der Waals surface area contributed by atoms with E-state index in [2.05, 4.69) is 19.2 Å². The number of rotatable bonds is 0. The van der Waals surface area contributed by atoms with Crippen LogP contribution in [0, 0.1) is 0 Å². The van der Waals surface area contributed by atoms with Crippen LogP contribution in [0.2, 0.25) is 0 Å². The third kappa shape index (κ3) is 1.16. The van der Waals surface area contributed by atoms with Crippen molar-refractivity contribution in [3.63, 3.8) is 0 Å². The van der Waals surface area contributed by atoms with Crippen LogP contribution in [0.4, 0.5) is 0 Å². The van der Waals surface area contributed by atoms with Gasteiger partial charge in [-0.1, -0.05) is 0 Å². The second-order valence-electron chi connectivity index (χ2n) is 2.72. The zero-order chi connectivity index (χ0) is 5.28. The standard InChI is InChI=1S/C6H13N/c1-5-3-4-6(2)7-5/h5-7H,3-4H2,1-2H3/p+1/t5-,6+. The summed E-state index contributed by atoms with van der Waals surface area (Å²) in [7, 11) is 0. The Morgan fingerprint density at radius 1 is 1.14 bits per heavy atom. The van der Waals surface area contributed by atoms with Crippen molar-refractivity contribution < 1.29 is 5.32 Å². The van der Waals surface area contributed by atoms with Crippen LogP contribution in [0.3, 0.4) is 0 Å². The summed E-state index contributed by atoms with van der Waals surface area (Å²) < 4.78 is 0. The Morgan fingerprint density at radius 2 is 1.57 bits per heavy atom. The summed E-state index contributed by atoms with van der Waals surface area (Å²) in [5.74, 6) is 0. The Kier molecular flexibility index (Phi) is 1.33. The highest BCUT2D eigenvalue weighted by molar-refractivity contribution is 4.58. The first-order chi connectivity index (χ1) is 3.29. The van der Waals surface area contributed by atoms with Crippen LogP contribution in [0.5, 0.6) is 0 Å². The molecule has 0 aromatic rings. The Balaban J connectivity index is 2.26. The van der Waals surface area contributed by atoms with Gasteiger partial charge in [-0.15, -0.1) is 0 Å². The van der Waals surface area contributed by atoms with Gasteiger partial charge in [0.05, 0.1) is 12.1 Å². The van der Waals surface area contributed by atoms with Crippen molar-refractivity contribution >= 4 is 0 Å². The fraction of sp³-hybridized carbons (Fsp3) is 1.00. The molecule has 0 bridgehead atoms. The van der Waals surface area contributed by atoms with E-state index in [9.17, 15) is 0 Å². The summed E-state index contributed by atoms with van der Waals surface area (Å²) in [6.45, 7) is 4.59. The molecule has 2 atom stereocenters. The number of hydrogen-bond acceptors (Lipinski definition) is 0. The Hall–Kier alpha value is -0.0400. The molecule has 1 aliphatic rings. The van der Waals surface area contributed by atoms with Crippen molar-refractivity contribution in [1.29, 1.82) is 0 Å². The molecule has 0 aromatic carbocycles. The van der Waals surface area contributed by atoms with Gasteiger partial charge in [0.1, 0.15) is 0 Å². The molecule has 0 spiro atoms. The highest BCUT2D eigenvalue weighted by Crippen LogP contribution is 2.01. The second kappa shape index (κ2) is 1.83. The first kappa shape index (κ1) is 5.10. The summed E-state index contributed by atoms with van der Waals surface area (Å²) in [4.78, 5) is 0. The van der Waals surface area contributed by atoms with Gasteiger partial charge >= 0.3 is 0 Å². The third-order valence-electron chi connectivity index (χ3n) is 1.73. The fourth-order valence-electron chi connectivity index (χ4n) is 1.28. The summed E-state index contributed by atoms with van der Waals surface area (Å²) in [6.07, 6.45) is 2.84. The maximum Gasteiger partial charge on any atom is 0.0834 e. The van der Waals surface area contributed by atoms with E-state index < -0.39 is 0 Å². The van der Waals surface area contributed by atoms with Crippen LogP contribution in [-0.4, -0.2) is 12.1 Å². The molecule has 0 aliphatic carbocycles. The molecular weight excluding hydrogens is 86.1 g/mol. The van der Waals surface area contributed by atoms with Crippen molar-refractivity contribution in [1.82, 2.24) is 0 Å². The van der Waals surface area contributed by atoms with Crippen LogP contribution in [0.25, 0.3) is 0 Å². The number of quaternary nitrogens is 1. The average molecular weight is 100 g/mol. The van der Waals surface area contributed by atoms with Crippen LogP contribution >= 0.6 is 0 Å². The van der Waals surface area contributed by atoms with Crippen molar-refractivity contribution in [2.45, 2.75) is 38.8 Å². The first-order valence-corrected chi connectivity index (χ1v) is 3.14. The molecule has 1 heterocycles. The predicted molar refractivity (Wildman–Crippen MR) is 30.1 cm³/mol. The van der Waals surface area contributed by atoms with E-state index in [1.807, 2.05) is 0 Å². The van der Waals surface area contributed by atoms with Gasteiger partial charge < -0.3 is 5.32 Å². The zero-order valence-electron chi connectivity index (χ0n) is 5.15. The highest BCUT2D eigenvalue weighted by atomic mass is 15.0. The zero-order valence-corrected chi connectivity index (χ0v) is 5.15. The Bertz CT molecular complexity index is 53.2. The molecule has 0 radical (unpaired) electrons. The molecule has 1 fully saturated rings. The summed E-state index contributed by atoms with van der Waals surface area (Å²) in [6, 6.07) is 1.80. The van der Waals surface area contributed by atoms with E-state index in [1.165, 1.54) is 12.8 Å². The monoisotopic (exact) mass is 100 g/mol. The number of hydrogen-bond donors (Lipinski definition) is 1. The molecule has 0 amide bonds. The van der Waals surface area contributed by atoms with Gasteiger partial charge in [0, 0.05) is 12.8 Å². The smallest absolute Gasteiger partial charge is 0.0834 e. The van der Waals surface area contributed by atoms with E-state index in [0.717, 1.165) is 12.1 Å². The Morgan fingerprint density at radius 3 is 1.71 bits per heavy atom. The lowest BCUT2D eigenvalue weighted by molar-refractivity contribution is -0.695. The van der Waals surface area contributed by atoms with Gasteiger partial charge in [-0.25, -0.2) is 0 Å². The molecule has 1 aliphatic heterocycles. The molecule has 42 valence electrons. The highest BCUT2D eigenvalue weighted by Gasteiger charge is 2.18. The summed E-state index contributed by atoms with van der Waals surface area (Å²) in [5.41, 5.74) is 0. The van der Waals surface area contributed by atoms with Crippen LogP contribution in [-0.2, 0) is 0 Å². The van der Waals surface area contributed by atoms with Gasteiger partial charge in [0.15, 0.2) is 0 Å². The van der Waals surface area contributed by atoms with Crippen molar-refractivity contribution in [3.8, 4) is 0 Å². The molecule has 1 heteroatoms. The van der Waals surface area contributed by atoms with Crippen LogP contribution in [0.15, 0.2) is 0 Å². The van der Waals surface area contributed by atoms with E-state index in [-0.39, 0.29) is 0 Å². The largest absolute Gasteiger partial charge is 0.342 e. The van der Waals surface area contributed by atoms with E-state index in [1.54, 1.807) is 0 Å². The lowest BCUT2D eigenvalue weighted by Crippen LogP contribution is -2.90. The van der Waals surface area contributed by atoms with Gasteiger partial charge in [-0.05, 0) is 13.8 Å². The van der Waals surface area contributed by atoms with Crippen molar-refractivity contribution in [3.05, 3.63) is 0 Å². The van der Waals surface area contributed by atoms with Crippen molar-refractivity contribution in [2.24, 2.45) is 0 Å². The molecule has 0 aromatic heterocycles. The molecule has 1 nitrogen and oxygen atoms in total. The minimum atomic E-state index is 0.898. The van der Waals surface area contributed by atoms with Crippen LogP contribution in [0.1, 0.15) is 26.7 Å². The van der Waals surface area contributed by atoms with Crippen molar-refractivity contribution in [2.75, 3.05) is 0 Å². The predicted octanol–water partition coefficient (Wildman–Crippen LogP) is 0.121. The van der Waals surface area contributed by atoms with E-state index >= 15 is 0 Å². The Labute approximate surface area is 45.1 Å². The minimum absolute atomic E-state index is 0.898. The molecule has 2 N–H and O–H groups in total.